The third kappa shape index (κ3) is 5.21. The van der Waals surface area contributed by atoms with Crippen LogP contribution in [0.15, 0.2) is 30.3 Å². The van der Waals surface area contributed by atoms with Gasteiger partial charge in [0.2, 0.25) is 0 Å². The molecule has 2 heterocycles. The molecular weight excluding hydrogens is 420 g/mol. The second-order valence-corrected chi connectivity index (χ2v) is 7.32. The van der Waals surface area contributed by atoms with Crippen LogP contribution in [0.5, 0.6) is 0 Å². The molecule has 3 rings (SSSR count). The summed E-state index contributed by atoms with van der Waals surface area (Å²) in [5.41, 5.74) is 0.662. The van der Waals surface area contributed by atoms with Gasteiger partial charge in [-0.05, 0) is 5.56 Å². The van der Waals surface area contributed by atoms with E-state index in [-0.39, 0.29) is 6.61 Å². The summed E-state index contributed by atoms with van der Waals surface area (Å²) >= 11 is 0. The van der Waals surface area contributed by atoms with E-state index in [9.17, 15) is 40.5 Å². The number of benzene rings is 1. The normalized spacial score (nSPS) is 41.0. The van der Waals surface area contributed by atoms with E-state index >= 15 is 0 Å². The van der Waals surface area contributed by atoms with Crippen LogP contribution in [0.3, 0.4) is 0 Å². The molecule has 0 unspecified atom stereocenters. The SMILES string of the molecule is O=C(OCc1ccccc1)[C@H]1O[C@@H](O[C@H]2[C@H](O)[C@@H](O)[C@H](O)O[C@@H]2CO)[C@H](O)[C@@H](O)[C@@H]1O. The van der Waals surface area contributed by atoms with Gasteiger partial charge in [-0.3, -0.25) is 0 Å². The molecule has 0 bridgehead atoms. The van der Waals surface area contributed by atoms with Crippen molar-refractivity contribution in [1.29, 1.82) is 0 Å². The number of aliphatic hydroxyl groups excluding tert-OH is 7. The zero-order valence-corrected chi connectivity index (χ0v) is 16.2. The lowest BCUT2D eigenvalue weighted by molar-refractivity contribution is -0.351. The first-order chi connectivity index (χ1) is 14.7. The van der Waals surface area contributed by atoms with Crippen LogP contribution in [0.25, 0.3) is 0 Å². The van der Waals surface area contributed by atoms with E-state index in [1.807, 2.05) is 0 Å². The molecule has 0 spiro atoms. The molecule has 31 heavy (non-hydrogen) atoms. The molecule has 0 radical (unpaired) electrons. The van der Waals surface area contributed by atoms with Crippen molar-refractivity contribution in [1.82, 2.24) is 0 Å². The van der Waals surface area contributed by atoms with Crippen LogP contribution in [0.4, 0.5) is 0 Å². The summed E-state index contributed by atoms with van der Waals surface area (Å²) in [5, 5.41) is 69.4. The van der Waals surface area contributed by atoms with Crippen LogP contribution < -0.4 is 0 Å². The number of ether oxygens (including phenoxy) is 4. The zero-order chi connectivity index (χ0) is 22.7. The number of carbonyl (C=O) groups is 1. The van der Waals surface area contributed by atoms with Crippen molar-refractivity contribution in [3.8, 4) is 0 Å². The van der Waals surface area contributed by atoms with Crippen molar-refractivity contribution in [3.05, 3.63) is 35.9 Å². The highest BCUT2D eigenvalue weighted by Crippen LogP contribution is 2.29. The molecule has 1 aromatic rings. The van der Waals surface area contributed by atoms with Gasteiger partial charge in [-0.15, -0.1) is 0 Å². The van der Waals surface area contributed by atoms with Crippen molar-refractivity contribution in [2.24, 2.45) is 0 Å². The molecule has 0 aromatic heterocycles. The Kier molecular flexibility index (Phi) is 7.93. The van der Waals surface area contributed by atoms with Gasteiger partial charge in [0.15, 0.2) is 18.7 Å². The molecule has 2 aliphatic rings. The van der Waals surface area contributed by atoms with Gasteiger partial charge in [-0.2, -0.15) is 0 Å². The summed E-state index contributed by atoms with van der Waals surface area (Å²) in [6, 6.07) is 8.65. The second-order valence-electron chi connectivity index (χ2n) is 7.32. The third-order valence-electron chi connectivity index (χ3n) is 5.16. The van der Waals surface area contributed by atoms with E-state index < -0.39 is 74.0 Å². The quantitative estimate of drug-likeness (QED) is 0.212. The molecule has 174 valence electrons. The van der Waals surface area contributed by atoms with E-state index in [0.29, 0.717) is 5.56 Å². The van der Waals surface area contributed by atoms with Gasteiger partial charge in [0.25, 0.3) is 0 Å². The van der Waals surface area contributed by atoms with Gasteiger partial charge in [-0.25, -0.2) is 4.79 Å². The molecule has 2 fully saturated rings. The minimum atomic E-state index is -1.88. The van der Waals surface area contributed by atoms with Gasteiger partial charge in [0, 0.05) is 0 Å². The van der Waals surface area contributed by atoms with Gasteiger partial charge in [0.05, 0.1) is 6.61 Å². The lowest BCUT2D eigenvalue weighted by atomic mass is 9.97. The van der Waals surface area contributed by atoms with E-state index in [2.05, 4.69) is 0 Å². The molecule has 2 saturated heterocycles. The number of esters is 1. The minimum absolute atomic E-state index is 0.137. The molecule has 0 aliphatic carbocycles. The Morgan fingerprint density at radius 1 is 0.871 bits per heavy atom. The molecule has 1 aromatic carbocycles. The molecule has 12 nitrogen and oxygen atoms in total. The molecule has 10 atom stereocenters. The zero-order valence-electron chi connectivity index (χ0n) is 16.2. The number of hydrogen-bond donors (Lipinski definition) is 7. The lowest BCUT2D eigenvalue weighted by Gasteiger charge is -2.44. The Labute approximate surface area is 176 Å². The van der Waals surface area contributed by atoms with E-state index in [0.717, 1.165) is 0 Å². The van der Waals surface area contributed by atoms with E-state index in [1.165, 1.54) is 0 Å². The van der Waals surface area contributed by atoms with Crippen LogP contribution in [0.2, 0.25) is 0 Å². The molecule has 12 heteroatoms. The minimum Gasteiger partial charge on any atom is -0.459 e. The van der Waals surface area contributed by atoms with Gasteiger partial charge in [-0.1, -0.05) is 30.3 Å². The van der Waals surface area contributed by atoms with Crippen LogP contribution in [-0.4, -0.2) is 110 Å². The van der Waals surface area contributed by atoms with Crippen LogP contribution in [0.1, 0.15) is 5.56 Å². The molecule has 7 N–H and O–H groups in total. The standard InChI is InChI=1S/C19H26O12/c20-6-9-15(12(23)13(24)17(26)29-9)30-19-14(25)10(21)11(22)16(31-19)18(27)28-7-8-4-2-1-3-5-8/h1-5,9-17,19-26H,6-7H2/t9-,10+,11+,12-,13-,14-,15-,16+,17-,19-/m1/s1. The maximum Gasteiger partial charge on any atom is 0.338 e. The summed E-state index contributed by atoms with van der Waals surface area (Å²) in [6.45, 7) is -0.871. The lowest BCUT2D eigenvalue weighted by Crippen LogP contribution is -2.65. The Balaban J connectivity index is 1.69. The largest absolute Gasteiger partial charge is 0.459 e. The summed E-state index contributed by atoms with van der Waals surface area (Å²) in [6.07, 6.45) is -17.3. The first kappa shape index (κ1) is 23.9. The summed E-state index contributed by atoms with van der Waals surface area (Å²) in [5.74, 6) is -1.04. The topological polar surface area (TPSA) is 196 Å². The number of rotatable bonds is 6. The highest BCUT2D eigenvalue weighted by atomic mass is 16.7. The predicted octanol–water partition coefficient (Wildman–Crippen LogP) is -3.65. The van der Waals surface area contributed by atoms with Gasteiger partial charge >= 0.3 is 5.97 Å². The van der Waals surface area contributed by atoms with Gasteiger partial charge < -0.3 is 54.7 Å². The maximum atomic E-state index is 12.4. The summed E-state index contributed by atoms with van der Waals surface area (Å²) < 4.78 is 20.7. The Morgan fingerprint density at radius 2 is 1.55 bits per heavy atom. The van der Waals surface area contributed by atoms with Crippen molar-refractivity contribution in [2.45, 2.75) is 68.0 Å². The van der Waals surface area contributed by atoms with Crippen LogP contribution in [-0.2, 0) is 30.3 Å². The van der Waals surface area contributed by atoms with Crippen molar-refractivity contribution >= 4 is 5.97 Å². The fourth-order valence-corrected chi connectivity index (χ4v) is 3.36. The van der Waals surface area contributed by atoms with Crippen molar-refractivity contribution < 1.29 is 59.5 Å². The predicted molar refractivity (Wildman–Crippen MR) is 97.8 cm³/mol. The average Bonchev–Trinajstić information content (AvgIpc) is 2.78. The van der Waals surface area contributed by atoms with Crippen LogP contribution >= 0.6 is 0 Å². The highest BCUT2D eigenvalue weighted by Gasteiger charge is 2.52. The monoisotopic (exact) mass is 446 g/mol. The molecule has 2 aliphatic heterocycles. The first-order valence-electron chi connectivity index (χ1n) is 9.60. The van der Waals surface area contributed by atoms with E-state index in [4.69, 9.17) is 18.9 Å². The average molecular weight is 446 g/mol. The fraction of sp³-hybridized carbons (Fsp3) is 0.632. The Bertz CT molecular complexity index is 715. The van der Waals surface area contributed by atoms with Gasteiger partial charge in [0.1, 0.15) is 49.3 Å². The first-order valence-corrected chi connectivity index (χ1v) is 9.60. The van der Waals surface area contributed by atoms with Crippen LogP contribution in [0, 0.1) is 0 Å². The fourth-order valence-electron chi connectivity index (χ4n) is 3.36. The number of aliphatic hydroxyl groups is 7. The molecular formula is C19H26O12. The van der Waals surface area contributed by atoms with E-state index in [1.54, 1.807) is 30.3 Å². The van der Waals surface area contributed by atoms with Crippen molar-refractivity contribution in [3.63, 3.8) is 0 Å². The van der Waals surface area contributed by atoms with Crippen molar-refractivity contribution in [2.75, 3.05) is 6.61 Å². The second kappa shape index (κ2) is 10.3. The maximum absolute atomic E-state index is 12.4. The molecule has 0 saturated carbocycles. The summed E-state index contributed by atoms with van der Waals surface area (Å²) in [4.78, 5) is 12.4. The Morgan fingerprint density at radius 3 is 2.19 bits per heavy atom. The third-order valence-corrected chi connectivity index (χ3v) is 5.16. The smallest absolute Gasteiger partial charge is 0.338 e. The summed E-state index contributed by atoms with van der Waals surface area (Å²) in [7, 11) is 0. The molecule has 0 amide bonds. The number of carbonyl (C=O) groups excluding carboxylic acids is 1. The highest BCUT2D eigenvalue weighted by molar-refractivity contribution is 5.75. The Hall–Kier alpha value is -1.71. The number of hydrogen-bond acceptors (Lipinski definition) is 12.